The van der Waals surface area contributed by atoms with E-state index in [4.69, 9.17) is 14.2 Å². The fraction of sp³-hybridized carbons (Fsp3) is 0.643. The average Bonchev–Trinajstić information content (AvgIpc) is 3.17. The van der Waals surface area contributed by atoms with E-state index in [1.54, 1.807) is 24.3 Å². The lowest BCUT2D eigenvalue weighted by atomic mass is 9.39. The van der Waals surface area contributed by atoms with Crippen molar-refractivity contribution in [2.75, 3.05) is 7.11 Å². The molecule has 4 aliphatic rings. The van der Waals surface area contributed by atoms with Crippen molar-refractivity contribution >= 4 is 11.9 Å². The lowest BCUT2D eigenvalue weighted by molar-refractivity contribution is -0.330. The van der Waals surface area contributed by atoms with Gasteiger partial charge in [0.25, 0.3) is 0 Å². The topological polar surface area (TPSA) is 102 Å². The Morgan fingerprint density at radius 1 is 1.14 bits per heavy atom. The van der Waals surface area contributed by atoms with Crippen molar-refractivity contribution in [3.05, 3.63) is 47.5 Å². The van der Waals surface area contributed by atoms with Crippen molar-refractivity contribution in [2.24, 2.45) is 28.6 Å². The Morgan fingerprint density at radius 3 is 2.49 bits per heavy atom. The van der Waals surface area contributed by atoms with Crippen LogP contribution in [0.5, 0.6) is 0 Å². The van der Waals surface area contributed by atoms with Gasteiger partial charge in [0.2, 0.25) is 5.79 Å². The molecular formula is C28H36O7. The van der Waals surface area contributed by atoms with E-state index in [0.29, 0.717) is 24.0 Å². The van der Waals surface area contributed by atoms with Crippen LogP contribution >= 0.6 is 0 Å². The van der Waals surface area contributed by atoms with Gasteiger partial charge in [-0.15, -0.1) is 0 Å². The highest BCUT2D eigenvalue weighted by molar-refractivity contribution is 5.89. The molecule has 2 N–H and O–H groups in total. The number of benzene rings is 1. The van der Waals surface area contributed by atoms with E-state index in [1.807, 2.05) is 33.8 Å². The van der Waals surface area contributed by atoms with Crippen molar-refractivity contribution < 1.29 is 34.0 Å². The van der Waals surface area contributed by atoms with Gasteiger partial charge in [-0.05, 0) is 48.1 Å². The summed E-state index contributed by atoms with van der Waals surface area (Å²) in [6, 6.07) is 8.65. The standard InChI is InChI=1S/C28H36O7/c1-16-18-14-20(29)35-27(18,33-5)15-19-21(16)22(30)23(34-24(31)17-10-7-6-8-11-17)28(32)25(2,3)12-9-13-26(19,28)4/h6-8,10-11,14,16,19,21-23,30,32H,9,12-13,15H2,1-5H3. The molecule has 3 aliphatic carbocycles. The van der Waals surface area contributed by atoms with E-state index in [9.17, 15) is 19.8 Å². The van der Waals surface area contributed by atoms with Gasteiger partial charge in [0.1, 0.15) is 5.60 Å². The van der Waals surface area contributed by atoms with Gasteiger partial charge in [-0.25, -0.2) is 9.59 Å². The predicted molar refractivity (Wildman–Crippen MR) is 127 cm³/mol. The number of aliphatic hydroxyl groups is 2. The molecule has 0 spiro atoms. The quantitative estimate of drug-likeness (QED) is 0.632. The number of methoxy groups -OCH3 is 1. The van der Waals surface area contributed by atoms with Gasteiger partial charge in [0.05, 0.1) is 11.7 Å². The summed E-state index contributed by atoms with van der Waals surface area (Å²) in [5.41, 5.74) is -1.81. The molecule has 8 unspecified atom stereocenters. The molecule has 3 saturated carbocycles. The molecule has 1 aliphatic heterocycles. The highest BCUT2D eigenvalue weighted by Crippen LogP contribution is 2.69. The molecule has 190 valence electrons. The first kappa shape index (κ1) is 24.5. The number of carbonyl (C=O) groups is 2. The Labute approximate surface area is 206 Å². The summed E-state index contributed by atoms with van der Waals surface area (Å²) in [7, 11) is 1.53. The van der Waals surface area contributed by atoms with Crippen LogP contribution in [-0.2, 0) is 19.0 Å². The Morgan fingerprint density at radius 2 is 1.83 bits per heavy atom. The second kappa shape index (κ2) is 7.89. The van der Waals surface area contributed by atoms with Crippen LogP contribution in [0.3, 0.4) is 0 Å². The molecule has 0 saturated heterocycles. The molecule has 5 rings (SSSR count). The molecule has 7 heteroatoms. The Balaban J connectivity index is 1.64. The Hall–Kier alpha value is -2.22. The largest absolute Gasteiger partial charge is 0.453 e. The molecule has 0 radical (unpaired) electrons. The van der Waals surface area contributed by atoms with Crippen molar-refractivity contribution in [1.82, 2.24) is 0 Å². The van der Waals surface area contributed by atoms with E-state index < -0.39 is 46.4 Å². The second-order valence-electron chi connectivity index (χ2n) is 11.8. The zero-order valence-corrected chi connectivity index (χ0v) is 21.1. The Bertz CT molecular complexity index is 1060. The smallest absolute Gasteiger partial charge is 0.338 e. The van der Waals surface area contributed by atoms with Crippen LogP contribution in [0, 0.1) is 28.6 Å². The lowest BCUT2D eigenvalue weighted by Crippen LogP contribution is -2.77. The van der Waals surface area contributed by atoms with Gasteiger partial charge in [-0.1, -0.05) is 52.3 Å². The first-order valence-corrected chi connectivity index (χ1v) is 12.6. The fourth-order valence-electron chi connectivity index (χ4n) is 8.13. The maximum absolute atomic E-state index is 13.2. The average molecular weight is 485 g/mol. The van der Waals surface area contributed by atoms with E-state index in [-0.39, 0.29) is 17.8 Å². The van der Waals surface area contributed by atoms with Gasteiger partial charge >= 0.3 is 11.9 Å². The minimum atomic E-state index is -1.51. The number of aliphatic hydroxyl groups excluding tert-OH is 1. The molecule has 0 aromatic heterocycles. The van der Waals surface area contributed by atoms with Crippen LogP contribution in [-0.4, -0.2) is 52.9 Å². The summed E-state index contributed by atoms with van der Waals surface area (Å²) >= 11 is 0. The zero-order valence-electron chi connectivity index (χ0n) is 21.1. The van der Waals surface area contributed by atoms with Crippen LogP contribution in [0.15, 0.2) is 42.0 Å². The van der Waals surface area contributed by atoms with Gasteiger partial charge in [0, 0.05) is 30.6 Å². The van der Waals surface area contributed by atoms with Crippen LogP contribution < -0.4 is 0 Å². The maximum Gasteiger partial charge on any atom is 0.338 e. The maximum atomic E-state index is 13.2. The number of ether oxygens (including phenoxy) is 3. The minimum absolute atomic E-state index is 0.230. The summed E-state index contributed by atoms with van der Waals surface area (Å²) in [6.07, 6.45) is 1.85. The molecule has 0 amide bonds. The van der Waals surface area contributed by atoms with Crippen LogP contribution in [0.25, 0.3) is 0 Å². The lowest BCUT2D eigenvalue weighted by Gasteiger charge is -2.69. The summed E-state index contributed by atoms with van der Waals surface area (Å²) in [4.78, 5) is 25.6. The van der Waals surface area contributed by atoms with E-state index in [1.165, 1.54) is 13.2 Å². The highest BCUT2D eigenvalue weighted by atomic mass is 16.7. The molecule has 1 aromatic rings. The van der Waals surface area contributed by atoms with Gasteiger partial charge in [-0.3, -0.25) is 0 Å². The number of rotatable bonds is 3. The third-order valence-electron chi connectivity index (χ3n) is 9.91. The summed E-state index contributed by atoms with van der Waals surface area (Å²) in [5, 5.41) is 24.6. The van der Waals surface area contributed by atoms with E-state index in [2.05, 4.69) is 0 Å². The number of esters is 2. The van der Waals surface area contributed by atoms with Gasteiger partial charge in [-0.2, -0.15) is 0 Å². The minimum Gasteiger partial charge on any atom is -0.453 e. The summed E-state index contributed by atoms with van der Waals surface area (Å²) < 4.78 is 17.6. The molecule has 1 heterocycles. The fourth-order valence-corrected chi connectivity index (χ4v) is 8.13. The molecule has 1 aromatic carbocycles. The molecular weight excluding hydrogens is 448 g/mol. The second-order valence-corrected chi connectivity index (χ2v) is 11.8. The van der Waals surface area contributed by atoms with Crippen molar-refractivity contribution in [1.29, 1.82) is 0 Å². The first-order chi connectivity index (χ1) is 16.4. The molecule has 0 bridgehead atoms. The third kappa shape index (κ3) is 3.14. The molecule has 7 nitrogen and oxygen atoms in total. The van der Waals surface area contributed by atoms with Crippen LogP contribution in [0.4, 0.5) is 0 Å². The molecule has 35 heavy (non-hydrogen) atoms. The predicted octanol–water partition coefficient (Wildman–Crippen LogP) is 3.63. The van der Waals surface area contributed by atoms with Gasteiger partial charge in [0.15, 0.2) is 6.10 Å². The number of hydrogen-bond donors (Lipinski definition) is 2. The van der Waals surface area contributed by atoms with Crippen molar-refractivity contribution in [3.8, 4) is 0 Å². The number of fused-ring (bicyclic) bond motifs is 4. The molecule has 8 atom stereocenters. The van der Waals surface area contributed by atoms with E-state index in [0.717, 1.165) is 12.8 Å². The van der Waals surface area contributed by atoms with Crippen LogP contribution in [0.1, 0.15) is 63.7 Å². The number of carbonyl (C=O) groups excluding carboxylic acids is 2. The van der Waals surface area contributed by atoms with E-state index >= 15 is 0 Å². The third-order valence-corrected chi connectivity index (χ3v) is 9.91. The first-order valence-electron chi connectivity index (χ1n) is 12.6. The molecule has 3 fully saturated rings. The van der Waals surface area contributed by atoms with Gasteiger partial charge < -0.3 is 24.4 Å². The SMILES string of the molecule is COC12CC3C(C(C)C1=CC(=O)O2)C(O)C(OC(=O)c1ccccc1)C1(O)C(C)(C)CCCC31C. The Kier molecular flexibility index (Phi) is 5.52. The van der Waals surface area contributed by atoms with Crippen LogP contribution in [0.2, 0.25) is 0 Å². The van der Waals surface area contributed by atoms with Crippen molar-refractivity contribution in [3.63, 3.8) is 0 Å². The summed E-state index contributed by atoms with van der Waals surface area (Å²) in [6.45, 7) is 7.97. The highest BCUT2D eigenvalue weighted by Gasteiger charge is 2.75. The monoisotopic (exact) mass is 484 g/mol. The zero-order chi connectivity index (χ0) is 25.4. The summed E-state index contributed by atoms with van der Waals surface area (Å²) in [5.74, 6) is -3.09. The van der Waals surface area contributed by atoms with Crippen molar-refractivity contribution in [2.45, 2.75) is 77.0 Å². The normalized spacial score (nSPS) is 43.8. The number of hydrogen-bond acceptors (Lipinski definition) is 7.